The molecule has 2 aromatic carbocycles. The van der Waals surface area contributed by atoms with Crippen molar-refractivity contribution in [1.82, 2.24) is 5.43 Å². The van der Waals surface area contributed by atoms with Gasteiger partial charge in [0.1, 0.15) is 0 Å². The third-order valence-corrected chi connectivity index (χ3v) is 3.99. The number of nitrogens with one attached hydrogen (secondary N) is 1. The lowest BCUT2D eigenvalue weighted by atomic mass is 10.2. The highest BCUT2D eigenvalue weighted by molar-refractivity contribution is 9.11. The van der Waals surface area contributed by atoms with E-state index in [1.807, 2.05) is 0 Å². The predicted octanol–water partition coefficient (Wildman–Crippen LogP) is 3.16. The molecule has 0 saturated heterocycles. The minimum Gasteiger partial charge on any atom is -0.504 e. The number of rotatable bonds is 6. The molecule has 0 heterocycles. The normalized spacial score (nSPS) is 10.7. The van der Waals surface area contributed by atoms with Gasteiger partial charge in [-0.2, -0.15) is 5.10 Å². The summed E-state index contributed by atoms with van der Waals surface area (Å²) in [6.45, 7) is -0.269. The second kappa shape index (κ2) is 8.72. The van der Waals surface area contributed by atoms with Crippen LogP contribution in [0, 0.1) is 0 Å². The summed E-state index contributed by atoms with van der Waals surface area (Å²) in [5.41, 5.74) is 2.81. The highest BCUT2D eigenvalue weighted by Crippen LogP contribution is 2.38. The van der Waals surface area contributed by atoms with E-state index in [1.54, 1.807) is 12.1 Å². The van der Waals surface area contributed by atoms with Gasteiger partial charge in [0.25, 0.3) is 5.91 Å². The second-order valence-corrected chi connectivity index (χ2v) is 6.52. The molecule has 0 atom stereocenters. The fourth-order valence-electron chi connectivity index (χ4n) is 1.80. The van der Waals surface area contributed by atoms with Crippen LogP contribution in [-0.4, -0.2) is 36.1 Å². The maximum atomic E-state index is 11.8. The number of phenols is 2. The Hall–Kier alpha value is -2.26. The zero-order valence-corrected chi connectivity index (χ0v) is 16.2. The first-order chi connectivity index (χ1) is 11.9. The van der Waals surface area contributed by atoms with Crippen molar-refractivity contribution in [3.05, 3.63) is 44.8 Å². The van der Waals surface area contributed by atoms with Crippen LogP contribution in [0.15, 0.2) is 44.4 Å². The van der Waals surface area contributed by atoms with E-state index >= 15 is 0 Å². The van der Waals surface area contributed by atoms with Gasteiger partial charge in [-0.15, -0.1) is 0 Å². The molecule has 0 fully saturated rings. The topological polar surface area (TPSA) is 100 Å². The molecule has 0 saturated carbocycles. The van der Waals surface area contributed by atoms with E-state index in [9.17, 15) is 15.0 Å². The standard InChI is InChI=1S/C16H14Br2N2O5/c1-24-14-6-10(17)5-11(18)16(14)25-8-15(23)20-19-7-9-2-3-12(21)13(22)4-9/h2-7,21-22H,8H2,1H3,(H,20,23). The number of hydrazone groups is 1. The number of carbonyl (C=O) groups excluding carboxylic acids is 1. The maximum Gasteiger partial charge on any atom is 0.277 e. The zero-order valence-electron chi connectivity index (χ0n) is 13.0. The molecular weight excluding hydrogens is 460 g/mol. The summed E-state index contributed by atoms with van der Waals surface area (Å²) in [5, 5.41) is 22.4. The van der Waals surface area contributed by atoms with Crippen molar-refractivity contribution in [2.75, 3.05) is 13.7 Å². The molecule has 0 aliphatic rings. The lowest BCUT2D eigenvalue weighted by molar-refractivity contribution is -0.123. The lowest BCUT2D eigenvalue weighted by Gasteiger charge is -2.12. The average Bonchev–Trinajstić information content (AvgIpc) is 2.56. The molecule has 0 spiro atoms. The first-order valence-electron chi connectivity index (χ1n) is 6.90. The van der Waals surface area contributed by atoms with Gasteiger partial charge in [0, 0.05) is 4.47 Å². The van der Waals surface area contributed by atoms with E-state index in [1.165, 1.54) is 31.5 Å². The number of ether oxygens (including phenoxy) is 2. The van der Waals surface area contributed by atoms with Crippen molar-refractivity contribution in [2.24, 2.45) is 5.10 Å². The van der Waals surface area contributed by atoms with Crippen molar-refractivity contribution in [3.63, 3.8) is 0 Å². The average molecular weight is 474 g/mol. The van der Waals surface area contributed by atoms with Crippen LogP contribution in [0.2, 0.25) is 0 Å². The van der Waals surface area contributed by atoms with Gasteiger partial charge in [0.05, 0.1) is 17.8 Å². The summed E-state index contributed by atoms with van der Waals surface area (Å²) in [5.74, 6) is -0.115. The molecule has 0 bridgehead atoms. The van der Waals surface area contributed by atoms with E-state index in [0.717, 1.165) is 4.47 Å². The molecule has 0 aliphatic heterocycles. The Kier molecular flexibility index (Phi) is 6.65. The van der Waals surface area contributed by atoms with Crippen LogP contribution in [0.5, 0.6) is 23.0 Å². The Morgan fingerprint density at radius 2 is 2.00 bits per heavy atom. The van der Waals surface area contributed by atoms with Gasteiger partial charge in [-0.1, -0.05) is 15.9 Å². The molecule has 1 amide bonds. The van der Waals surface area contributed by atoms with E-state index in [-0.39, 0.29) is 18.1 Å². The Balaban J connectivity index is 1.93. The van der Waals surface area contributed by atoms with Crippen molar-refractivity contribution in [3.8, 4) is 23.0 Å². The van der Waals surface area contributed by atoms with E-state index < -0.39 is 5.91 Å². The van der Waals surface area contributed by atoms with Crippen LogP contribution >= 0.6 is 31.9 Å². The monoisotopic (exact) mass is 472 g/mol. The molecule has 132 valence electrons. The van der Waals surface area contributed by atoms with Crippen molar-refractivity contribution < 1.29 is 24.5 Å². The molecule has 0 aromatic heterocycles. The Labute approximate surface area is 160 Å². The van der Waals surface area contributed by atoms with E-state index in [4.69, 9.17) is 9.47 Å². The van der Waals surface area contributed by atoms with Crippen molar-refractivity contribution >= 4 is 44.0 Å². The lowest BCUT2D eigenvalue weighted by Crippen LogP contribution is -2.24. The first-order valence-corrected chi connectivity index (χ1v) is 8.49. The minimum absolute atomic E-state index is 0.233. The van der Waals surface area contributed by atoms with Crippen molar-refractivity contribution in [2.45, 2.75) is 0 Å². The summed E-state index contributed by atoms with van der Waals surface area (Å²) < 4.78 is 12.1. The third-order valence-electron chi connectivity index (χ3n) is 2.94. The summed E-state index contributed by atoms with van der Waals surface area (Å²) in [7, 11) is 1.50. The number of carbonyl (C=O) groups is 1. The Morgan fingerprint density at radius 3 is 2.68 bits per heavy atom. The van der Waals surface area contributed by atoms with E-state index in [2.05, 4.69) is 42.4 Å². The Morgan fingerprint density at radius 1 is 1.24 bits per heavy atom. The summed E-state index contributed by atoms with van der Waals surface area (Å²) in [6.07, 6.45) is 1.33. The number of aromatic hydroxyl groups is 2. The van der Waals surface area contributed by atoms with Gasteiger partial charge >= 0.3 is 0 Å². The number of halogens is 2. The fourth-order valence-corrected chi connectivity index (χ4v) is 3.10. The number of benzene rings is 2. The molecule has 2 aromatic rings. The summed E-state index contributed by atoms with van der Waals surface area (Å²) in [6, 6.07) is 7.65. The number of methoxy groups -OCH3 is 1. The third kappa shape index (κ3) is 5.36. The van der Waals surface area contributed by atoms with Gasteiger partial charge in [-0.05, 0) is 51.8 Å². The molecule has 7 nitrogen and oxygen atoms in total. The molecule has 2 rings (SSSR count). The fraction of sp³-hybridized carbons (Fsp3) is 0.125. The largest absolute Gasteiger partial charge is 0.504 e. The van der Waals surface area contributed by atoms with Crippen LogP contribution in [0.3, 0.4) is 0 Å². The number of nitrogens with zero attached hydrogens (tertiary/aromatic N) is 1. The molecule has 9 heteroatoms. The molecule has 0 radical (unpaired) electrons. The van der Waals surface area contributed by atoms with Gasteiger partial charge in [-0.25, -0.2) is 5.43 Å². The van der Waals surface area contributed by atoms with Crippen LogP contribution in [-0.2, 0) is 4.79 Å². The highest BCUT2D eigenvalue weighted by Gasteiger charge is 2.12. The van der Waals surface area contributed by atoms with Crippen LogP contribution < -0.4 is 14.9 Å². The van der Waals surface area contributed by atoms with Crippen LogP contribution in [0.4, 0.5) is 0 Å². The van der Waals surface area contributed by atoms with Gasteiger partial charge in [0.15, 0.2) is 29.6 Å². The second-order valence-electron chi connectivity index (χ2n) is 4.75. The number of phenolic OH excluding ortho intramolecular Hbond substituents is 2. The highest BCUT2D eigenvalue weighted by atomic mass is 79.9. The van der Waals surface area contributed by atoms with Gasteiger partial charge in [0.2, 0.25) is 0 Å². The van der Waals surface area contributed by atoms with Gasteiger partial charge < -0.3 is 19.7 Å². The summed E-state index contributed by atoms with van der Waals surface area (Å²) in [4.78, 5) is 11.8. The zero-order chi connectivity index (χ0) is 18.4. The van der Waals surface area contributed by atoms with E-state index in [0.29, 0.717) is 21.5 Å². The van der Waals surface area contributed by atoms with Gasteiger partial charge in [-0.3, -0.25) is 4.79 Å². The molecule has 0 aliphatic carbocycles. The molecular formula is C16H14Br2N2O5. The maximum absolute atomic E-state index is 11.8. The van der Waals surface area contributed by atoms with Crippen LogP contribution in [0.25, 0.3) is 0 Å². The molecule has 3 N–H and O–H groups in total. The van der Waals surface area contributed by atoms with Crippen LogP contribution in [0.1, 0.15) is 5.56 Å². The van der Waals surface area contributed by atoms with Crippen molar-refractivity contribution in [1.29, 1.82) is 0 Å². The SMILES string of the molecule is COc1cc(Br)cc(Br)c1OCC(=O)NN=Cc1ccc(O)c(O)c1. The number of amides is 1. The molecule has 0 unspecified atom stereocenters. The summed E-state index contributed by atoms with van der Waals surface area (Å²) >= 11 is 6.68. The number of hydrogen-bond donors (Lipinski definition) is 3. The smallest absolute Gasteiger partial charge is 0.277 e. The minimum atomic E-state index is -0.476. The Bertz CT molecular complexity index is 811. The number of hydrogen-bond acceptors (Lipinski definition) is 6. The first kappa shape index (κ1) is 19.1. The molecule has 25 heavy (non-hydrogen) atoms. The predicted molar refractivity (Wildman–Crippen MR) is 99.4 cm³/mol. The quantitative estimate of drug-likeness (QED) is 0.340.